The van der Waals surface area contributed by atoms with Crippen LogP contribution in [0.4, 0.5) is 4.39 Å². The fourth-order valence-electron chi connectivity index (χ4n) is 3.48. The van der Waals surface area contributed by atoms with Gasteiger partial charge in [-0.15, -0.1) is 0 Å². The van der Waals surface area contributed by atoms with E-state index < -0.39 is 22.6 Å². The highest BCUT2D eigenvalue weighted by atomic mass is 19.1. The lowest BCUT2D eigenvalue weighted by molar-refractivity contribution is -0.484. The molecule has 3 rings (SSSR count). The second-order valence-corrected chi connectivity index (χ2v) is 6.39. The van der Waals surface area contributed by atoms with Gasteiger partial charge in [-0.2, -0.15) is 0 Å². The number of rotatable bonds is 5. The minimum Gasteiger partial charge on any atom is -0.299 e. The number of carbonyl (C=O) groups excluding carboxylic acids is 1. The van der Waals surface area contributed by atoms with Gasteiger partial charge in [0, 0.05) is 23.2 Å². The van der Waals surface area contributed by atoms with Crippen molar-refractivity contribution in [2.45, 2.75) is 25.2 Å². The SMILES string of the molecule is Cc1ccc([C@@H]2CC(=O)[C@H]2[C@H](C[N+](=O)[O-])c2ccc(F)cc2)cc1. The van der Waals surface area contributed by atoms with Crippen molar-refractivity contribution in [1.29, 1.82) is 0 Å². The molecule has 2 aromatic carbocycles. The number of halogens is 1. The number of benzene rings is 2. The van der Waals surface area contributed by atoms with Crippen LogP contribution in [0.15, 0.2) is 48.5 Å². The summed E-state index contributed by atoms with van der Waals surface area (Å²) < 4.78 is 13.2. The molecule has 0 saturated heterocycles. The highest BCUT2D eigenvalue weighted by molar-refractivity contribution is 5.90. The third-order valence-corrected chi connectivity index (χ3v) is 4.81. The molecule has 1 saturated carbocycles. The Kier molecular flexibility index (Phi) is 4.42. The van der Waals surface area contributed by atoms with Gasteiger partial charge in [-0.1, -0.05) is 42.0 Å². The van der Waals surface area contributed by atoms with Crippen LogP contribution in [0.25, 0.3) is 0 Å². The first kappa shape index (κ1) is 16.3. The zero-order chi connectivity index (χ0) is 17.3. The average molecular weight is 327 g/mol. The van der Waals surface area contributed by atoms with E-state index in [9.17, 15) is 19.3 Å². The molecule has 1 aliphatic rings. The van der Waals surface area contributed by atoms with Crippen LogP contribution >= 0.6 is 0 Å². The Morgan fingerprint density at radius 1 is 1.17 bits per heavy atom. The van der Waals surface area contributed by atoms with Crippen molar-refractivity contribution < 1.29 is 14.1 Å². The predicted octanol–water partition coefficient (Wildman–Crippen LogP) is 3.87. The molecule has 0 N–H and O–H groups in total. The van der Waals surface area contributed by atoms with Crippen molar-refractivity contribution in [1.82, 2.24) is 0 Å². The van der Waals surface area contributed by atoms with Crippen molar-refractivity contribution in [2.75, 3.05) is 6.54 Å². The van der Waals surface area contributed by atoms with E-state index in [4.69, 9.17) is 0 Å². The molecule has 124 valence electrons. The smallest absolute Gasteiger partial charge is 0.211 e. The number of ketones is 1. The normalized spacial score (nSPS) is 21.2. The van der Waals surface area contributed by atoms with Gasteiger partial charge in [-0.25, -0.2) is 4.39 Å². The molecule has 2 aromatic rings. The van der Waals surface area contributed by atoms with Crippen LogP contribution in [-0.4, -0.2) is 17.3 Å². The third kappa shape index (κ3) is 3.20. The molecule has 0 bridgehead atoms. The number of aryl methyl sites for hydroxylation is 1. The summed E-state index contributed by atoms with van der Waals surface area (Å²) in [6, 6.07) is 13.6. The van der Waals surface area contributed by atoms with Crippen molar-refractivity contribution in [3.05, 3.63) is 81.2 Å². The quantitative estimate of drug-likeness (QED) is 0.619. The second-order valence-electron chi connectivity index (χ2n) is 6.39. The van der Waals surface area contributed by atoms with E-state index in [1.165, 1.54) is 12.1 Å². The summed E-state index contributed by atoms with van der Waals surface area (Å²) in [4.78, 5) is 23.0. The molecule has 24 heavy (non-hydrogen) atoms. The molecule has 3 atom stereocenters. The summed E-state index contributed by atoms with van der Waals surface area (Å²) in [5, 5.41) is 11.1. The Balaban J connectivity index is 1.93. The highest BCUT2D eigenvalue weighted by Gasteiger charge is 2.47. The summed E-state index contributed by atoms with van der Waals surface area (Å²) in [7, 11) is 0. The monoisotopic (exact) mass is 327 g/mol. The van der Waals surface area contributed by atoms with Gasteiger partial charge in [0.15, 0.2) is 0 Å². The molecule has 0 amide bonds. The van der Waals surface area contributed by atoms with Gasteiger partial charge in [0.2, 0.25) is 6.54 Å². The van der Waals surface area contributed by atoms with Gasteiger partial charge in [0.05, 0.1) is 5.92 Å². The molecule has 5 heteroatoms. The lowest BCUT2D eigenvalue weighted by atomic mass is 9.62. The molecular weight excluding hydrogens is 309 g/mol. The van der Waals surface area contributed by atoms with Crippen LogP contribution in [0.1, 0.15) is 34.9 Å². The minimum absolute atomic E-state index is 0.0203. The van der Waals surface area contributed by atoms with E-state index in [2.05, 4.69) is 0 Å². The van der Waals surface area contributed by atoms with Crippen LogP contribution in [-0.2, 0) is 4.79 Å². The molecule has 0 radical (unpaired) electrons. The molecule has 0 spiro atoms. The molecule has 0 unspecified atom stereocenters. The van der Waals surface area contributed by atoms with Crippen molar-refractivity contribution in [2.24, 2.45) is 5.92 Å². The number of hydrogen-bond donors (Lipinski definition) is 0. The maximum Gasteiger partial charge on any atom is 0.211 e. The van der Waals surface area contributed by atoms with E-state index in [0.717, 1.165) is 11.1 Å². The van der Waals surface area contributed by atoms with Gasteiger partial charge in [-0.3, -0.25) is 14.9 Å². The first-order valence-electron chi connectivity index (χ1n) is 7.92. The first-order valence-corrected chi connectivity index (χ1v) is 7.92. The van der Waals surface area contributed by atoms with E-state index in [-0.39, 0.29) is 18.2 Å². The van der Waals surface area contributed by atoms with E-state index in [1.807, 2.05) is 31.2 Å². The number of carbonyl (C=O) groups is 1. The third-order valence-electron chi connectivity index (χ3n) is 4.81. The van der Waals surface area contributed by atoms with Crippen molar-refractivity contribution in [3.8, 4) is 0 Å². The van der Waals surface area contributed by atoms with E-state index in [1.54, 1.807) is 12.1 Å². The fourth-order valence-corrected chi connectivity index (χ4v) is 3.48. The fraction of sp³-hybridized carbons (Fsp3) is 0.316. The maximum atomic E-state index is 13.2. The Morgan fingerprint density at radius 2 is 1.79 bits per heavy atom. The molecule has 0 aliphatic heterocycles. The summed E-state index contributed by atoms with van der Waals surface area (Å²) in [5.41, 5.74) is 2.80. The van der Waals surface area contributed by atoms with Crippen LogP contribution in [0.5, 0.6) is 0 Å². The second kappa shape index (κ2) is 6.51. The van der Waals surface area contributed by atoms with Gasteiger partial charge >= 0.3 is 0 Å². The topological polar surface area (TPSA) is 60.2 Å². The summed E-state index contributed by atoms with van der Waals surface area (Å²) >= 11 is 0. The minimum atomic E-state index is -0.534. The zero-order valence-electron chi connectivity index (χ0n) is 13.3. The zero-order valence-corrected chi connectivity index (χ0v) is 13.3. The Labute approximate surface area is 139 Å². The molecule has 1 fully saturated rings. The highest BCUT2D eigenvalue weighted by Crippen LogP contribution is 2.47. The molecule has 0 aromatic heterocycles. The van der Waals surface area contributed by atoms with Gasteiger partial charge < -0.3 is 0 Å². The molecule has 1 aliphatic carbocycles. The van der Waals surface area contributed by atoms with Gasteiger partial charge in [-0.05, 0) is 30.2 Å². The van der Waals surface area contributed by atoms with Crippen molar-refractivity contribution in [3.63, 3.8) is 0 Å². The van der Waals surface area contributed by atoms with Crippen LogP contribution in [0.2, 0.25) is 0 Å². The van der Waals surface area contributed by atoms with Crippen LogP contribution in [0, 0.1) is 28.8 Å². The largest absolute Gasteiger partial charge is 0.299 e. The summed E-state index contributed by atoms with van der Waals surface area (Å²) in [5.74, 6) is -1.34. The summed E-state index contributed by atoms with van der Waals surface area (Å²) in [6.07, 6.45) is 0.406. The maximum absolute atomic E-state index is 13.2. The lowest BCUT2D eigenvalue weighted by Crippen LogP contribution is -2.41. The van der Waals surface area contributed by atoms with Crippen LogP contribution in [0.3, 0.4) is 0 Å². The Morgan fingerprint density at radius 3 is 2.33 bits per heavy atom. The number of nitro groups is 1. The predicted molar refractivity (Wildman–Crippen MR) is 88.0 cm³/mol. The lowest BCUT2D eigenvalue weighted by Gasteiger charge is -2.39. The Bertz CT molecular complexity index is 755. The Hall–Kier alpha value is -2.56. The first-order chi connectivity index (χ1) is 11.5. The molecule has 4 nitrogen and oxygen atoms in total. The summed E-state index contributed by atoms with van der Waals surface area (Å²) in [6.45, 7) is 1.66. The van der Waals surface area contributed by atoms with E-state index >= 15 is 0 Å². The molecule has 0 heterocycles. The molecular formula is C19H18FNO3. The van der Waals surface area contributed by atoms with Gasteiger partial charge in [0.1, 0.15) is 11.6 Å². The number of hydrogen-bond acceptors (Lipinski definition) is 3. The van der Waals surface area contributed by atoms with Crippen LogP contribution < -0.4 is 0 Å². The average Bonchev–Trinajstić information content (AvgIpc) is 2.53. The standard InChI is InChI=1S/C19H18FNO3/c1-12-2-4-13(5-3-12)16-10-18(22)19(16)17(11-21(23)24)14-6-8-15(20)9-7-14/h2-9,16-17,19H,10-11H2,1H3/t16-,17+,19+/m0/s1. The van der Waals surface area contributed by atoms with Gasteiger partial charge in [0.25, 0.3) is 0 Å². The number of Topliss-reactive ketones (excluding diaryl/α,β-unsaturated/α-hetero) is 1. The number of nitrogens with zero attached hydrogens (tertiary/aromatic N) is 1. The van der Waals surface area contributed by atoms with E-state index in [0.29, 0.717) is 12.0 Å². The van der Waals surface area contributed by atoms with Crippen molar-refractivity contribution >= 4 is 5.78 Å².